The first kappa shape index (κ1) is 15.2. The van der Waals surface area contributed by atoms with Crippen LogP contribution in [0.5, 0.6) is 0 Å². The molecule has 118 valence electrons. The number of hydrogen-bond acceptors (Lipinski definition) is 3. The number of furan rings is 1. The maximum atomic E-state index is 13.0. The van der Waals surface area contributed by atoms with Gasteiger partial charge in [0.15, 0.2) is 0 Å². The van der Waals surface area contributed by atoms with Crippen LogP contribution in [0.3, 0.4) is 0 Å². The van der Waals surface area contributed by atoms with Crippen molar-refractivity contribution in [3.05, 3.63) is 40.0 Å². The Bertz CT molecular complexity index is 666. The van der Waals surface area contributed by atoms with Crippen molar-refractivity contribution in [3.63, 3.8) is 0 Å². The molecule has 2 heterocycles. The summed E-state index contributed by atoms with van der Waals surface area (Å²) in [6, 6.07) is 3.47. The van der Waals surface area contributed by atoms with Crippen LogP contribution >= 0.6 is 15.9 Å². The van der Waals surface area contributed by atoms with Gasteiger partial charge in [0, 0.05) is 5.92 Å². The lowest BCUT2D eigenvalue weighted by Crippen LogP contribution is -2.28. The fourth-order valence-corrected chi connectivity index (χ4v) is 3.05. The van der Waals surface area contributed by atoms with Gasteiger partial charge in [-0.25, -0.2) is 8.78 Å². The van der Waals surface area contributed by atoms with E-state index in [0.717, 1.165) is 12.8 Å². The highest BCUT2D eigenvalue weighted by Gasteiger charge is 2.34. The lowest BCUT2D eigenvalue weighted by molar-refractivity contribution is -0.122. The van der Waals surface area contributed by atoms with E-state index in [1.807, 2.05) is 0 Å². The van der Waals surface area contributed by atoms with Gasteiger partial charge in [-0.2, -0.15) is 5.10 Å². The molecule has 2 aromatic heterocycles. The second-order valence-corrected chi connectivity index (χ2v) is 5.97. The zero-order valence-corrected chi connectivity index (χ0v) is 13.1. The topological polar surface area (TPSA) is 60.1 Å². The monoisotopic (exact) mass is 373 g/mol. The summed E-state index contributed by atoms with van der Waals surface area (Å²) in [6.45, 7) is 0.173. The molecule has 0 spiro atoms. The molecular formula is C14H14BrF2N3O2. The molecule has 8 heteroatoms. The molecule has 0 unspecified atom stereocenters. The molecule has 1 amide bonds. The van der Waals surface area contributed by atoms with Crippen molar-refractivity contribution in [2.45, 2.75) is 38.3 Å². The smallest absolute Gasteiger partial charge is 0.283 e. The maximum absolute atomic E-state index is 13.0. The van der Waals surface area contributed by atoms with Gasteiger partial charge in [-0.3, -0.25) is 9.48 Å². The fourth-order valence-electron chi connectivity index (χ4n) is 2.27. The first-order valence-corrected chi connectivity index (χ1v) is 7.69. The molecule has 0 saturated heterocycles. The quantitative estimate of drug-likeness (QED) is 0.844. The van der Waals surface area contributed by atoms with E-state index in [4.69, 9.17) is 4.42 Å². The van der Waals surface area contributed by atoms with Gasteiger partial charge in [0.05, 0.1) is 23.0 Å². The molecule has 1 fully saturated rings. The number of rotatable bonds is 6. The first-order valence-electron chi connectivity index (χ1n) is 6.89. The molecule has 1 N–H and O–H groups in total. The standard InChI is InChI=1S/C14H14BrF2N3O2/c15-11-12(14(16)17)19-20(13(11)8-3-4-8)7-10(21)18-6-9-2-1-5-22-9/h1-2,5,8,14H,3-4,6-7H2,(H,18,21). The van der Waals surface area contributed by atoms with Gasteiger partial charge in [-0.15, -0.1) is 0 Å². The number of carbonyl (C=O) groups excluding carboxylic acids is 1. The number of alkyl halides is 2. The average molecular weight is 374 g/mol. The van der Waals surface area contributed by atoms with Gasteiger partial charge >= 0.3 is 0 Å². The van der Waals surface area contributed by atoms with E-state index in [1.54, 1.807) is 12.1 Å². The van der Waals surface area contributed by atoms with Crippen molar-refractivity contribution in [2.24, 2.45) is 0 Å². The summed E-state index contributed by atoms with van der Waals surface area (Å²) in [5, 5.41) is 6.57. The van der Waals surface area contributed by atoms with Gasteiger partial charge in [-0.1, -0.05) is 0 Å². The number of nitrogens with zero attached hydrogens (tertiary/aromatic N) is 2. The molecule has 1 aliphatic rings. The highest BCUT2D eigenvalue weighted by atomic mass is 79.9. The van der Waals surface area contributed by atoms with Crippen molar-refractivity contribution >= 4 is 21.8 Å². The molecule has 0 atom stereocenters. The predicted octanol–water partition coefficient (Wildman–Crippen LogP) is 3.37. The summed E-state index contributed by atoms with van der Waals surface area (Å²) in [7, 11) is 0. The molecule has 0 aromatic carbocycles. The SMILES string of the molecule is O=C(Cn1nc(C(F)F)c(Br)c1C1CC1)NCc1ccco1. The predicted molar refractivity (Wildman–Crippen MR) is 77.4 cm³/mol. The largest absolute Gasteiger partial charge is 0.467 e. The molecule has 3 rings (SSSR count). The molecule has 0 radical (unpaired) electrons. The lowest BCUT2D eigenvalue weighted by Gasteiger charge is -2.07. The highest BCUT2D eigenvalue weighted by Crippen LogP contribution is 2.45. The Morgan fingerprint density at radius 3 is 2.91 bits per heavy atom. The third-order valence-electron chi connectivity index (χ3n) is 3.46. The minimum absolute atomic E-state index is 0.0855. The molecule has 5 nitrogen and oxygen atoms in total. The minimum atomic E-state index is -2.67. The number of aromatic nitrogens is 2. The van der Waals surface area contributed by atoms with Crippen LogP contribution in [0.15, 0.2) is 27.3 Å². The van der Waals surface area contributed by atoms with E-state index in [-0.39, 0.29) is 30.6 Å². The summed E-state index contributed by atoms with van der Waals surface area (Å²) in [5.41, 5.74) is 0.379. The van der Waals surface area contributed by atoms with Gasteiger partial charge in [-0.05, 0) is 40.9 Å². The third-order valence-corrected chi connectivity index (χ3v) is 4.27. The van der Waals surface area contributed by atoms with Crippen LogP contribution in [0.1, 0.15) is 42.3 Å². The molecule has 0 bridgehead atoms. The molecule has 1 aliphatic carbocycles. The third kappa shape index (κ3) is 3.21. The van der Waals surface area contributed by atoms with Crippen LogP contribution in [0, 0.1) is 0 Å². The minimum Gasteiger partial charge on any atom is -0.467 e. The second-order valence-electron chi connectivity index (χ2n) is 5.17. The van der Waals surface area contributed by atoms with Crippen molar-refractivity contribution < 1.29 is 18.0 Å². The van der Waals surface area contributed by atoms with Gasteiger partial charge in [0.2, 0.25) is 5.91 Å². The Kier molecular flexibility index (Phi) is 4.28. The van der Waals surface area contributed by atoms with E-state index >= 15 is 0 Å². The Morgan fingerprint density at radius 1 is 1.55 bits per heavy atom. The zero-order valence-electron chi connectivity index (χ0n) is 11.6. The zero-order chi connectivity index (χ0) is 15.7. The van der Waals surface area contributed by atoms with Crippen LogP contribution in [0.2, 0.25) is 0 Å². The average Bonchev–Trinajstić information content (AvgIpc) is 3.05. The van der Waals surface area contributed by atoms with Crippen LogP contribution in [-0.4, -0.2) is 15.7 Å². The number of nitrogens with one attached hydrogen (secondary N) is 1. The summed E-state index contributed by atoms with van der Waals surface area (Å²) in [4.78, 5) is 12.0. The van der Waals surface area contributed by atoms with Gasteiger partial charge in [0.25, 0.3) is 6.43 Å². The number of hydrogen-bond donors (Lipinski definition) is 1. The summed E-state index contributed by atoms with van der Waals surface area (Å²) in [6.07, 6.45) is 0.716. The Morgan fingerprint density at radius 2 is 2.32 bits per heavy atom. The summed E-state index contributed by atoms with van der Waals surface area (Å²) < 4.78 is 32.7. The van der Waals surface area contributed by atoms with Gasteiger partial charge in [0.1, 0.15) is 18.0 Å². The van der Waals surface area contributed by atoms with Crippen LogP contribution in [0.25, 0.3) is 0 Å². The molecule has 2 aromatic rings. The number of amides is 1. The fraction of sp³-hybridized carbons (Fsp3) is 0.429. The van der Waals surface area contributed by atoms with Crippen LogP contribution in [-0.2, 0) is 17.9 Å². The van der Waals surface area contributed by atoms with Crippen molar-refractivity contribution in [2.75, 3.05) is 0 Å². The molecule has 22 heavy (non-hydrogen) atoms. The lowest BCUT2D eigenvalue weighted by atomic mass is 10.2. The van der Waals surface area contributed by atoms with Crippen LogP contribution < -0.4 is 5.32 Å². The van der Waals surface area contributed by atoms with Crippen molar-refractivity contribution in [3.8, 4) is 0 Å². The van der Waals surface area contributed by atoms with E-state index in [9.17, 15) is 13.6 Å². The molecular weight excluding hydrogens is 360 g/mol. The van der Waals surface area contributed by atoms with Crippen molar-refractivity contribution in [1.29, 1.82) is 0 Å². The summed E-state index contributed by atoms with van der Waals surface area (Å²) in [5.74, 6) is 0.534. The van der Waals surface area contributed by atoms with E-state index in [2.05, 4.69) is 26.3 Å². The van der Waals surface area contributed by atoms with E-state index < -0.39 is 6.43 Å². The van der Waals surface area contributed by atoms with Gasteiger partial charge < -0.3 is 9.73 Å². The number of carbonyl (C=O) groups is 1. The Hall–Kier alpha value is -1.70. The van der Waals surface area contributed by atoms with E-state index in [0.29, 0.717) is 15.9 Å². The summed E-state index contributed by atoms with van der Waals surface area (Å²) >= 11 is 3.19. The van der Waals surface area contributed by atoms with Crippen LogP contribution in [0.4, 0.5) is 8.78 Å². The highest BCUT2D eigenvalue weighted by molar-refractivity contribution is 9.10. The first-order chi connectivity index (χ1) is 10.6. The maximum Gasteiger partial charge on any atom is 0.283 e. The molecule has 0 aliphatic heterocycles. The normalized spacial score (nSPS) is 14.5. The van der Waals surface area contributed by atoms with Crippen molar-refractivity contribution in [1.82, 2.24) is 15.1 Å². The Balaban J connectivity index is 1.71. The number of halogens is 3. The molecule has 1 saturated carbocycles. The Labute approximate surface area is 133 Å². The van der Waals surface area contributed by atoms with E-state index in [1.165, 1.54) is 10.9 Å². The second kappa shape index (κ2) is 6.20.